The van der Waals surface area contributed by atoms with Gasteiger partial charge in [-0.1, -0.05) is 19.3 Å². The quantitative estimate of drug-likeness (QED) is 0.811. The summed E-state index contributed by atoms with van der Waals surface area (Å²) in [6, 6.07) is 5.49. The Morgan fingerprint density at radius 2 is 1.89 bits per heavy atom. The van der Waals surface area contributed by atoms with Crippen molar-refractivity contribution in [3.8, 4) is 11.5 Å². The lowest BCUT2D eigenvalue weighted by Gasteiger charge is -2.34. The Labute approximate surface area is 167 Å². The molecule has 28 heavy (non-hydrogen) atoms. The number of carbonyl (C=O) groups excluding carboxylic acids is 2. The monoisotopic (exact) mass is 389 g/mol. The highest BCUT2D eigenvalue weighted by Crippen LogP contribution is 2.33. The highest BCUT2D eigenvalue weighted by atomic mass is 16.5. The van der Waals surface area contributed by atoms with Crippen LogP contribution in [0.15, 0.2) is 18.2 Å². The summed E-state index contributed by atoms with van der Waals surface area (Å²) in [5.41, 5.74) is 0.749. The number of benzene rings is 1. The molecule has 1 aliphatic carbocycles. The summed E-state index contributed by atoms with van der Waals surface area (Å²) in [4.78, 5) is 29.0. The maximum absolute atomic E-state index is 12.8. The molecule has 1 N–H and O–H groups in total. The fourth-order valence-electron chi connectivity index (χ4n) is 4.26. The van der Waals surface area contributed by atoms with Crippen LogP contribution in [0.2, 0.25) is 0 Å². The van der Waals surface area contributed by atoms with E-state index >= 15 is 0 Å². The second kappa shape index (κ2) is 9.17. The highest BCUT2D eigenvalue weighted by molar-refractivity contribution is 5.97. The zero-order valence-corrected chi connectivity index (χ0v) is 17.1. The third-order valence-corrected chi connectivity index (χ3v) is 5.75. The van der Waals surface area contributed by atoms with Crippen LogP contribution in [0, 0.1) is 0 Å². The topological polar surface area (TPSA) is 71.1 Å². The van der Waals surface area contributed by atoms with Gasteiger partial charge >= 0.3 is 6.03 Å². The minimum absolute atomic E-state index is 0.00163. The Kier molecular flexibility index (Phi) is 6.65. The molecular weight excluding hydrogens is 358 g/mol. The van der Waals surface area contributed by atoms with Gasteiger partial charge in [-0.05, 0) is 31.9 Å². The van der Waals surface area contributed by atoms with Crippen LogP contribution in [0.3, 0.4) is 0 Å². The number of nitrogens with one attached hydrogen (secondary N) is 1. The smallest absolute Gasteiger partial charge is 0.317 e. The van der Waals surface area contributed by atoms with E-state index in [1.807, 2.05) is 17.9 Å². The lowest BCUT2D eigenvalue weighted by atomic mass is 9.94. The van der Waals surface area contributed by atoms with E-state index in [0.717, 1.165) is 18.5 Å². The SMILES string of the molecule is CCN(C(=O)N[C@@H]1CC(=O)N(c2ccc(OC)c(OC)c2)C1)C1CCCCC1. The molecule has 0 radical (unpaired) electrons. The minimum Gasteiger partial charge on any atom is -0.493 e. The van der Waals surface area contributed by atoms with Crippen molar-refractivity contribution in [2.24, 2.45) is 0 Å². The van der Waals surface area contributed by atoms with Crippen LogP contribution >= 0.6 is 0 Å². The summed E-state index contributed by atoms with van der Waals surface area (Å²) in [6.45, 7) is 3.17. The third-order valence-electron chi connectivity index (χ3n) is 5.75. The molecule has 0 unspecified atom stereocenters. The molecule has 1 atom stereocenters. The molecule has 2 aliphatic rings. The molecular formula is C21H31N3O4. The van der Waals surface area contributed by atoms with Crippen molar-refractivity contribution in [1.29, 1.82) is 0 Å². The summed E-state index contributed by atoms with van der Waals surface area (Å²) < 4.78 is 10.6. The highest BCUT2D eigenvalue weighted by Gasteiger charge is 2.34. The van der Waals surface area contributed by atoms with Gasteiger partial charge in [-0.15, -0.1) is 0 Å². The van der Waals surface area contributed by atoms with Crippen LogP contribution in [-0.2, 0) is 4.79 Å². The van der Waals surface area contributed by atoms with E-state index in [1.54, 1.807) is 31.3 Å². The van der Waals surface area contributed by atoms with Crippen molar-refractivity contribution < 1.29 is 19.1 Å². The van der Waals surface area contributed by atoms with E-state index in [9.17, 15) is 9.59 Å². The van der Waals surface area contributed by atoms with Gasteiger partial charge in [-0.2, -0.15) is 0 Å². The molecule has 0 aromatic heterocycles. The number of ether oxygens (including phenoxy) is 2. The van der Waals surface area contributed by atoms with Crippen LogP contribution in [0.5, 0.6) is 11.5 Å². The Hall–Kier alpha value is -2.44. The Morgan fingerprint density at radius 1 is 1.18 bits per heavy atom. The number of rotatable bonds is 6. The summed E-state index contributed by atoms with van der Waals surface area (Å²) in [6.07, 6.45) is 6.08. The zero-order valence-electron chi connectivity index (χ0n) is 17.1. The largest absolute Gasteiger partial charge is 0.493 e. The predicted octanol–water partition coefficient (Wildman–Crippen LogP) is 3.17. The molecule has 154 valence electrons. The molecule has 1 saturated heterocycles. The number of urea groups is 1. The van der Waals surface area contributed by atoms with Crippen LogP contribution in [0.1, 0.15) is 45.4 Å². The van der Waals surface area contributed by atoms with Gasteiger partial charge in [0.15, 0.2) is 11.5 Å². The van der Waals surface area contributed by atoms with Gasteiger partial charge in [-0.3, -0.25) is 4.79 Å². The summed E-state index contributed by atoms with van der Waals surface area (Å²) in [7, 11) is 3.15. The summed E-state index contributed by atoms with van der Waals surface area (Å²) in [5, 5.41) is 3.08. The first-order valence-corrected chi connectivity index (χ1v) is 10.2. The number of hydrogen-bond donors (Lipinski definition) is 1. The molecule has 1 aromatic carbocycles. The molecule has 2 fully saturated rings. The molecule has 0 bridgehead atoms. The first-order valence-electron chi connectivity index (χ1n) is 10.2. The van der Waals surface area contributed by atoms with Gasteiger partial charge in [-0.25, -0.2) is 4.79 Å². The molecule has 3 rings (SSSR count). The van der Waals surface area contributed by atoms with E-state index in [1.165, 1.54) is 19.3 Å². The fourth-order valence-corrected chi connectivity index (χ4v) is 4.26. The minimum atomic E-state index is -0.189. The first kappa shape index (κ1) is 20.3. The molecule has 1 aliphatic heterocycles. The Bertz CT molecular complexity index is 703. The molecule has 3 amide bonds. The number of methoxy groups -OCH3 is 2. The van der Waals surface area contributed by atoms with Gasteiger partial charge in [0.25, 0.3) is 0 Å². The number of hydrogen-bond acceptors (Lipinski definition) is 4. The lowest BCUT2D eigenvalue weighted by molar-refractivity contribution is -0.117. The fraction of sp³-hybridized carbons (Fsp3) is 0.619. The maximum atomic E-state index is 12.8. The van der Waals surface area contributed by atoms with Crippen LogP contribution in [0.4, 0.5) is 10.5 Å². The van der Waals surface area contributed by atoms with Crippen molar-refractivity contribution in [2.75, 3.05) is 32.2 Å². The van der Waals surface area contributed by atoms with Gasteiger partial charge in [0.2, 0.25) is 5.91 Å². The normalized spacial score (nSPS) is 20.2. The van der Waals surface area contributed by atoms with Gasteiger partial charge in [0.1, 0.15) is 0 Å². The molecule has 0 spiro atoms. The van der Waals surface area contributed by atoms with Crippen molar-refractivity contribution in [3.63, 3.8) is 0 Å². The maximum Gasteiger partial charge on any atom is 0.317 e. The van der Waals surface area contributed by atoms with Gasteiger partial charge < -0.3 is 24.6 Å². The number of nitrogens with zero attached hydrogens (tertiary/aromatic N) is 2. The summed E-state index contributed by atoms with van der Waals surface area (Å²) >= 11 is 0. The van der Waals surface area contributed by atoms with Crippen LogP contribution < -0.4 is 19.7 Å². The first-order chi connectivity index (χ1) is 13.6. The van der Waals surface area contributed by atoms with E-state index in [0.29, 0.717) is 37.1 Å². The molecule has 1 saturated carbocycles. The predicted molar refractivity (Wildman–Crippen MR) is 108 cm³/mol. The number of carbonyl (C=O) groups is 2. The van der Waals surface area contributed by atoms with E-state index in [2.05, 4.69) is 5.32 Å². The molecule has 7 nitrogen and oxygen atoms in total. The summed E-state index contributed by atoms with van der Waals surface area (Å²) in [5.74, 6) is 1.20. The average Bonchev–Trinajstić information content (AvgIpc) is 3.08. The van der Waals surface area contributed by atoms with E-state index in [-0.39, 0.29) is 18.0 Å². The molecule has 1 heterocycles. The van der Waals surface area contributed by atoms with Crippen LogP contribution in [-0.4, -0.2) is 56.2 Å². The van der Waals surface area contributed by atoms with Crippen LogP contribution in [0.25, 0.3) is 0 Å². The second-order valence-electron chi connectivity index (χ2n) is 7.47. The lowest BCUT2D eigenvalue weighted by Crippen LogP contribution is -2.50. The standard InChI is InChI=1S/C21H31N3O4/c1-4-23(16-8-6-5-7-9-16)21(26)22-15-12-20(25)24(14-15)17-10-11-18(27-2)19(13-17)28-3/h10-11,13,15-16H,4-9,12,14H2,1-3H3,(H,22,26)/t15-/m1/s1. The second-order valence-corrected chi connectivity index (χ2v) is 7.47. The van der Waals surface area contributed by atoms with Crippen molar-refractivity contribution >= 4 is 17.6 Å². The third kappa shape index (κ3) is 4.34. The van der Waals surface area contributed by atoms with E-state index in [4.69, 9.17) is 9.47 Å². The Morgan fingerprint density at radius 3 is 2.54 bits per heavy atom. The van der Waals surface area contributed by atoms with E-state index < -0.39 is 0 Å². The van der Waals surface area contributed by atoms with Crippen molar-refractivity contribution in [1.82, 2.24) is 10.2 Å². The van der Waals surface area contributed by atoms with Gasteiger partial charge in [0, 0.05) is 37.3 Å². The van der Waals surface area contributed by atoms with Crippen molar-refractivity contribution in [3.05, 3.63) is 18.2 Å². The number of anilines is 1. The number of amides is 3. The average molecular weight is 389 g/mol. The Balaban J connectivity index is 1.64. The van der Waals surface area contributed by atoms with Gasteiger partial charge in [0.05, 0.1) is 20.3 Å². The molecule has 1 aromatic rings. The van der Waals surface area contributed by atoms with Crippen molar-refractivity contribution in [2.45, 2.75) is 57.5 Å². The zero-order chi connectivity index (χ0) is 20.1. The molecule has 7 heteroatoms.